The van der Waals surface area contributed by atoms with Gasteiger partial charge in [-0.3, -0.25) is 9.78 Å². The molecule has 1 aromatic carbocycles. The molecule has 0 saturated carbocycles. The molecule has 3 heterocycles. The van der Waals surface area contributed by atoms with Crippen LogP contribution in [0.2, 0.25) is 0 Å². The van der Waals surface area contributed by atoms with Crippen LogP contribution in [0.4, 0.5) is 0 Å². The highest BCUT2D eigenvalue weighted by Gasteiger charge is 2.23. The molecular weight excluding hydrogens is 328 g/mol. The molecule has 132 valence electrons. The number of para-hydroxylation sites is 1. The first kappa shape index (κ1) is 16.4. The number of nitrogens with zero attached hydrogens (tertiary/aromatic N) is 2. The number of pyridine rings is 1. The molecule has 0 aliphatic carbocycles. The van der Waals surface area contributed by atoms with Gasteiger partial charge in [0.15, 0.2) is 0 Å². The number of furan rings is 1. The molecule has 0 unspecified atom stereocenters. The van der Waals surface area contributed by atoms with Crippen molar-refractivity contribution in [3.05, 3.63) is 83.6 Å². The second-order valence-electron chi connectivity index (χ2n) is 6.35. The molecule has 1 amide bonds. The fourth-order valence-corrected chi connectivity index (χ4v) is 3.20. The number of hydrogen-bond acceptors (Lipinski definition) is 4. The third-order valence-corrected chi connectivity index (χ3v) is 4.55. The molecule has 1 aliphatic rings. The minimum Gasteiger partial charge on any atom is -0.488 e. The molecule has 1 aliphatic heterocycles. The van der Waals surface area contributed by atoms with Crippen LogP contribution in [0.25, 0.3) is 0 Å². The van der Waals surface area contributed by atoms with Gasteiger partial charge in [-0.25, -0.2) is 0 Å². The summed E-state index contributed by atoms with van der Waals surface area (Å²) < 4.78 is 11.4. The van der Waals surface area contributed by atoms with E-state index in [2.05, 4.69) is 4.98 Å². The third kappa shape index (κ3) is 3.47. The van der Waals surface area contributed by atoms with Gasteiger partial charge in [-0.05, 0) is 30.7 Å². The smallest absolute Gasteiger partial charge is 0.257 e. The summed E-state index contributed by atoms with van der Waals surface area (Å²) in [5, 5.41) is 0. The Morgan fingerprint density at radius 2 is 2.12 bits per heavy atom. The molecular formula is C21H20N2O3. The minimum atomic E-state index is -0.0131. The van der Waals surface area contributed by atoms with E-state index < -0.39 is 0 Å². The zero-order chi connectivity index (χ0) is 17.8. The summed E-state index contributed by atoms with van der Waals surface area (Å²) >= 11 is 0. The van der Waals surface area contributed by atoms with E-state index in [-0.39, 0.29) is 5.91 Å². The van der Waals surface area contributed by atoms with E-state index in [0.717, 1.165) is 29.7 Å². The summed E-state index contributed by atoms with van der Waals surface area (Å²) in [6, 6.07) is 13.2. The quantitative estimate of drug-likeness (QED) is 0.719. The number of amides is 1. The van der Waals surface area contributed by atoms with E-state index in [0.29, 0.717) is 31.0 Å². The molecule has 5 nitrogen and oxygen atoms in total. The second kappa shape index (κ2) is 7.44. The van der Waals surface area contributed by atoms with Crippen LogP contribution in [0, 0.1) is 0 Å². The summed E-state index contributed by atoms with van der Waals surface area (Å²) in [5.41, 5.74) is 2.64. The first-order chi connectivity index (χ1) is 12.8. The van der Waals surface area contributed by atoms with E-state index in [1.165, 1.54) is 0 Å². The van der Waals surface area contributed by atoms with Crippen LogP contribution in [0.15, 0.2) is 65.5 Å². The number of ether oxygens (including phenoxy) is 1. The van der Waals surface area contributed by atoms with Crippen molar-refractivity contribution in [2.75, 3.05) is 6.54 Å². The van der Waals surface area contributed by atoms with Crippen molar-refractivity contribution in [2.24, 2.45) is 0 Å². The summed E-state index contributed by atoms with van der Waals surface area (Å²) in [6.45, 7) is 1.66. The number of carbonyl (C=O) groups is 1. The van der Waals surface area contributed by atoms with E-state index >= 15 is 0 Å². The zero-order valence-corrected chi connectivity index (χ0v) is 14.4. The highest BCUT2D eigenvalue weighted by Crippen LogP contribution is 2.25. The predicted molar refractivity (Wildman–Crippen MR) is 96.8 cm³/mol. The van der Waals surface area contributed by atoms with Gasteiger partial charge in [0.2, 0.25) is 0 Å². The van der Waals surface area contributed by atoms with Gasteiger partial charge in [0.1, 0.15) is 18.1 Å². The van der Waals surface area contributed by atoms with E-state index in [1.807, 2.05) is 47.4 Å². The molecule has 0 bridgehead atoms. The topological polar surface area (TPSA) is 55.6 Å². The largest absolute Gasteiger partial charge is 0.488 e. The summed E-state index contributed by atoms with van der Waals surface area (Å²) in [5.74, 6) is 1.57. The fourth-order valence-electron chi connectivity index (χ4n) is 3.20. The van der Waals surface area contributed by atoms with Gasteiger partial charge in [0.05, 0.1) is 11.8 Å². The minimum absolute atomic E-state index is 0.0131. The van der Waals surface area contributed by atoms with Crippen molar-refractivity contribution in [1.29, 1.82) is 0 Å². The van der Waals surface area contributed by atoms with Crippen LogP contribution in [0.5, 0.6) is 5.75 Å². The van der Waals surface area contributed by atoms with Crippen LogP contribution < -0.4 is 4.74 Å². The maximum atomic E-state index is 13.1. The lowest BCUT2D eigenvalue weighted by Gasteiger charge is -2.22. The average molecular weight is 348 g/mol. The molecule has 0 radical (unpaired) electrons. The van der Waals surface area contributed by atoms with Gasteiger partial charge < -0.3 is 14.1 Å². The number of aromatic nitrogens is 1. The van der Waals surface area contributed by atoms with Gasteiger partial charge in [0.25, 0.3) is 5.91 Å². The van der Waals surface area contributed by atoms with Crippen molar-refractivity contribution < 1.29 is 13.9 Å². The lowest BCUT2D eigenvalue weighted by Crippen LogP contribution is -2.31. The Labute approximate surface area is 152 Å². The van der Waals surface area contributed by atoms with Crippen LogP contribution in [-0.4, -0.2) is 22.3 Å². The Bertz CT molecular complexity index is 889. The van der Waals surface area contributed by atoms with Gasteiger partial charge in [-0.15, -0.1) is 0 Å². The molecule has 0 fully saturated rings. The average Bonchev–Trinajstić information content (AvgIpc) is 3.03. The van der Waals surface area contributed by atoms with Gasteiger partial charge in [0, 0.05) is 43.0 Å². The Kier molecular flexibility index (Phi) is 4.69. The Morgan fingerprint density at radius 3 is 3.00 bits per heavy atom. The van der Waals surface area contributed by atoms with Crippen molar-refractivity contribution in [2.45, 2.75) is 26.0 Å². The highest BCUT2D eigenvalue weighted by molar-refractivity contribution is 5.97. The first-order valence-electron chi connectivity index (χ1n) is 8.76. The van der Waals surface area contributed by atoms with Crippen LogP contribution in [0.1, 0.15) is 33.7 Å². The molecule has 0 atom stereocenters. The predicted octanol–water partition coefficient (Wildman–Crippen LogP) is 3.84. The zero-order valence-electron chi connectivity index (χ0n) is 14.4. The number of benzene rings is 1. The van der Waals surface area contributed by atoms with E-state index in [9.17, 15) is 4.79 Å². The number of aryl methyl sites for hydroxylation is 1. The second-order valence-corrected chi connectivity index (χ2v) is 6.35. The van der Waals surface area contributed by atoms with Crippen LogP contribution in [-0.2, 0) is 19.6 Å². The van der Waals surface area contributed by atoms with Gasteiger partial charge in [-0.2, -0.15) is 0 Å². The SMILES string of the molecule is O=C(c1ccccc1OCc1cccnc1)N1CCCc2occc2C1. The summed E-state index contributed by atoms with van der Waals surface area (Å²) in [6.07, 6.45) is 6.95. The molecule has 0 N–H and O–H groups in total. The molecule has 2 aromatic heterocycles. The summed E-state index contributed by atoms with van der Waals surface area (Å²) in [4.78, 5) is 19.1. The molecule has 3 aromatic rings. The van der Waals surface area contributed by atoms with E-state index in [4.69, 9.17) is 9.15 Å². The molecule has 0 spiro atoms. The molecule has 0 saturated heterocycles. The number of rotatable bonds is 4. The van der Waals surface area contributed by atoms with E-state index in [1.54, 1.807) is 18.7 Å². The van der Waals surface area contributed by atoms with Gasteiger partial charge in [-0.1, -0.05) is 18.2 Å². The number of carbonyl (C=O) groups excluding carboxylic acids is 1. The van der Waals surface area contributed by atoms with Crippen molar-refractivity contribution >= 4 is 5.91 Å². The summed E-state index contributed by atoms with van der Waals surface area (Å²) in [7, 11) is 0. The van der Waals surface area contributed by atoms with Crippen molar-refractivity contribution in [3.63, 3.8) is 0 Å². The maximum Gasteiger partial charge on any atom is 0.257 e. The third-order valence-electron chi connectivity index (χ3n) is 4.55. The Balaban J connectivity index is 1.53. The van der Waals surface area contributed by atoms with Gasteiger partial charge >= 0.3 is 0 Å². The highest BCUT2D eigenvalue weighted by atomic mass is 16.5. The number of hydrogen-bond donors (Lipinski definition) is 0. The molecule has 4 rings (SSSR count). The standard InChI is InChI=1S/C21H20N2O3/c24-21(23-11-4-8-19-17(14-23)9-12-25-19)18-6-1-2-7-20(18)26-15-16-5-3-10-22-13-16/h1-3,5-7,9-10,12-13H,4,8,11,14-15H2. The normalized spacial score (nSPS) is 13.8. The molecule has 26 heavy (non-hydrogen) atoms. The van der Waals surface area contributed by atoms with Crippen molar-refractivity contribution in [3.8, 4) is 5.75 Å². The van der Waals surface area contributed by atoms with Crippen LogP contribution >= 0.6 is 0 Å². The first-order valence-corrected chi connectivity index (χ1v) is 8.76. The molecule has 5 heteroatoms. The lowest BCUT2D eigenvalue weighted by atomic mass is 10.1. The Hall–Kier alpha value is -3.08. The van der Waals surface area contributed by atoms with Crippen molar-refractivity contribution in [1.82, 2.24) is 9.88 Å². The number of fused-ring (bicyclic) bond motifs is 1. The monoisotopic (exact) mass is 348 g/mol. The fraction of sp³-hybridized carbons (Fsp3) is 0.238. The Morgan fingerprint density at radius 1 is 1.19 bits per heavy atom. The van der Waals surface area contributed by atoms with Crippen LogP contribution in [0.3, 0.4) is 0 Å². The lowest BCUT2D eigenvalue weighted by molar-refractivity contribution is 0.0741. The maximum absolute atomic E-state index is 13.1.